The van der Waals surface area contributed by atoms with E-state index in [1.54, 1.807) is 0 Å². The molecule has 4 heteroatoms. The second kappa shape index (κ2) is 14.2. The molecule has 0 N–H and O–H groups in total. The Labute approximate surface area is 189 Å². The Balaban J connectivity index is 0.000000424. The summed E-state index contributed by atoms with van der Waals surface area (Å²) in [7, 11) is 0. The van der Waals surface area contributed by atoms with E-state index in [0.29, 0.717) is 0 Å². The fourth-order valence-corrected chi connectivity index (χ4v) is 5.95. The molecule has 4 rings (SSSR count). The zero-order valence-electron chi connectivity index (χ0n) is 16.7. The van der Waals surface area contributed by atoms with Crippen LogP contribution in [0.1, 0.15) is 6.92 Å². The third kappa shape index (κ3) is 6.63. The van der Waals surface area contributed by atoms with Gasteiger partial charge in [-0.25, -0.2) is 16.9 Å². The summed E-state index contributed by atoms with van der Waals surface area (Å²) in [4.78, 5) is 20.8. The molecule has 0 spiro atoms. The third-order valence-corrected chi connectivity index (χ3v) is 7.62. The summed E-state index contributed by atoms with van der Waals surface area (Å²) in [6.07, 6.45) is 1.50. The van der Waals surface area contributed by atoms with Crippen LogP contribution in [0.3, 0.4) is 0 Å². The Morgan fingerprint density at radius 2 is 0.967 bits per heavy atom. The Kier molecular flexibility index (Phi) is 12.0. The quantitative estimate of drug-likeness (QED) is 0.258. The molecule has 4 aromatic carbocycles. The molecule has 0 fully saturated rings. The van der Waals surface area contributed by atoms with E-state index in [1.165, 1.54) is 13.2 Å². The topological polar surface area (TPSA) is 34.1 Å². The second-order valence-corrected chi connectivity index (χ2v) is 9.01. The van der Waals surface area contributed by atoms with Crippen molar-refractivity contribution in [3.63, 3.8) is 0 Å². The molecule has 0 aromatic heterocycles. The van der Waals surface area contributed by atoms with E-state index in [4.69, 9.17) is 4.79 Å². The van der Waals surface area contributed by atoms with Gasteiger partial charge in [0.1, 0.15) is 5.66 Å². The summed E-state index contributed by atoms with van der Waals surface area (Å²) in [6.45, 7) is -1.02. The predicted molar refractivity (Wildman–Crippen MR) is 124 cm³/mol. The van der Waals surface area contributed by atoms with E-state index in [0.717, 1.165) is 15.9 Å². The summed E-state index contributed by atoms with van der Waals surface area (Å²) < 4.78 is 0. The van der Waals surface area contributed by atoms with E-state index in [-0.39, 0.29) is 17.1 Å². The average molecular weight is 454 g/mol. The van der Waals surface area contributed by atoms with Crippen LogP contribution in [-0.4, -0.2) is 11.9 Å². The van der Waals surface area contributed by atoms with E-state index in [1.807, 2.05) is 121 Å². The molecular weight excluding hydrogens is 431 g/mol. The summed E-state index contributed by atoms with van der Waals surface area (Å²) in [6, 6.07) is 39.9. The average Bonchev–Trinajstić information content (AvgIpc) is 3.38. The molecule has 152 valence electrons. The van der Waals surface area contributed by atoms with Gasteiger partial charge in [0.15, 0.2) is 0 Å². The minimum Gasteiger partial charge on any atom is -0.542 e. The maximum atomic E-state index is 12.2. The normalized spacial score (nSPS) is 9.37. The number of hydrogen-bond donors (Lipinski definition) is 0. The van der Waals surface area contributed by atoms with Gasteiger partial charge in [0.2, 0.25) is 0 Å². The Hall–Kier alpha value is -2.79. The maximum Gasteiger partial charge on any atom is 2.00 e. The van der Waals surface area contributed by atoms with Gasteiger partial charge >= 0.3 is 17.1 Å². The van der Waals surface area contributed by atoms with Crippen LogP contribution in [0.4, 0.5) is 0 Å². The van der Waals surface area contributed by atoms with E-state index >= 15 is 0 Å². The molecule has 0 saturated carbocycles. The second-order valence-electron chi connectivity index (χ2n) is 5.94. The molecule has 0 saturated heterocycles. The number of benzene rings is 3. The number of carbonyl (C=O) groups excluding carboxylic acids is 2. The van der Waals surface area contributed by atoms with Crippen molar-refractivity contribution in [3.8, 4) is 0 Å². The van der Waals surface area contributed by atoms with Crippen molar-refractivity contribution in [2.45, 2.75) is 6.92 Å². The van der Waals surface area contributed by atoms with E-state index in [2.05, 4.69) is 5.66 Å². The van der Waals surface area contributed by atoms with Gasteiger partial charge in [0.25, 0.3) is 0 Å². The molecule has 0 aliphatic rings. The molecule has 0 unspecified atom stereocenters. The van der Waals surface area contributed by atoms with E-state index in [9.17, 15) is 4.79 Å². The smallest absolute Gasteiger partial charge is 0.542 e. The number of rotatable bonds is 3. The molecule has 2 nitrogen and oxygen atoms in total. The van der Waals surface area contributed by atoms with Gasteiger partial charge in [-0.1, -0.05) is 91.0 Å². The summed E-state index contributed by atoms with van der Waals surface area (Å²) >= 11 is 0. The minimum atomic E-state index is -2.34. The Bertz CT molecular complexity index is 904. The summed E-state index contributed by atoms with van der Waals surface area (Å²) in [5.74, 6) is 0. The number of hydrogen-bond acceptors (Lipinski definition) is 2. The first kappa shape index (κ1) is 25.2. The van der Waals surface area contributed by atoms with Crippen LogP contribution in [-0.2, 0) is 26.7 Å². The van der Waals surface area contributed by atoms with Crippen LogP contribution >= 0.6 is 6.89 Å². The fourth-order valence-electron chi connectivity index (χ4n) is 2.88. The van der Waals surface area contributed by atoms with Crippen molar-refractivity contribution in [2.24, 2.45) is 0 Å². The molecule has 0 radical (unpaired) electrons. The zero-order valence-corrected chi connectivity index (χ0v) is 18.7. The predicted octanol–water partition coefficient (Wildman–Crippen LogP) is 4.57. The molecule has 0 amide bonds. The Morgan fingerprint density at radius 3 is 1.17 bits per heavy atom. The standard InChI is InChI=1S/C19H15OP.C5H5.C2H3O.Fe/c20-16-21(17-10-4-1-5-11-17,18-12-6-2-7-13-18)19-14-8-3-9-15-19;1-2-4-5-3-1;1-2-3;/h1-15H;1-5H;1H3;/q;2*-1;+2. The third-order valence-electron chi connectivity index (χ3n) is 4.12. The van der Waals surface area contributed by atoms with Crippen LogP contribution in [0, 0.1) is 0 Å². The van der Waals surface area contributed by atoms with Crippen molar-refractivity contribution in [3.05, 3.63) is 121 Å². The van der Waals surface area contributed by atoms with Crippen LogP contribution in [0.25, 0.3) is 0 Å². The van der Waals surface area contributed by atoms with Gasteiger partial charge in [-0.2, -0.15) is 25.1 Å². The van der Waals surface area contributed by atoms with Crippen molar-refractivity contribution in [1.82, 2.24) is 0 Å². The molecule has 0 aliphatic heterocycles. The van der Waals surface area contributed by atoms with Gasteiger partial charge in [0, 0.05) is 0 Å². The van der Waals surface area contributed by atoms with Crippen molar-refractivity contribution < 1.29 is 26.7 Å². The van der Waals surface area contributed by atoms with Crippen LogP contribution in [0.15, 0.2) is 121 Å². The minimum absolute atomic E-state index is 0. The van der Waals surface area contributed by atoms with Crippen LogP contribution < -0.4 is 15.9 Å². The van der Waals surface area contributed by atoms with Gasteiger partial charge in [-0.05, 0) is 15.9 Å². The van der Waals surface area contributed by atoms with Crippen LogP contribution in [0.2, 0.25) is 0 Å². The molecule has 0 heterocycles. The van der Waals surface area contributed by atoms with Crippen molar-refractivity contribution >= 4 is 34.7 Å². The fraction of sp³-hybridized carbons (Fsp3) is 0.0385. The van der Waals surface area contributed by atoms with Crippen LogP contribution in [0.5, 0.6) is 0 Å². The molecule has 0 bridgehead atoms. The van der Waals surface area contributed by atoms with Gasteiger partial charge < -0.3 is 4.79 Å². The SMILES string of the molecule is C[C-]=O.O=C=P(c1ccccc1)(c1ccccc1)c1ccccc1.[Fe+2].c1cc[cH-]c1. The van der Waals surface area contributed by atoms with E-state index < -0.39 is 6.89 Å². The van der Waals surface area contributed by atoms with Gasteiger partial charge in [-0.3, -0.25) is 6.29 Å². The molecule has 4 aromatic rings. The molecule has 30 heavy (non-hydrogen) atoms. The first-order valence-corrected chi connectivity index (χ1v) is 11.0. The summed E-state index contributed by atoms with van der Waals surface area (Å²) in [5.41, 5.74) is 2.43. The molecular formula is C26H23FeO2P. The zero-order chi connectivity index (χ0) is 20.8. The molecule has 0 aliphatic carbocycles. The molecule has 0 atom stereocenters. The van der Waals surface area contributed by atoms with Gasteiger partial charge in [0.05, 0.1) is 6.89 Å². The monoisotopic (exact) mass is 454 g/mol. The maximum absolute atomic E-state index is 12.2. The first-order valence-electron chi connectivity index (χ1n) is 9.20. The summed E-state index contributed by atoms with van der Waals surface area (Å²) in [5, 5.41) is 3.12. The first-order chi connectivity index (χ1) is 14.3. The van der Waals surface area contributed by atoms with Crippen molar-refractivity contribution in [2.75, 3.05) is 0 Å². The Morgan fingerprint density at radius 1 is 0.667 bits per heavy atom. The van der Waals surface area contributed by atoms with Crippen molar-refractivity contribution in [1.29, 1.82) is 0 Å². The largest absolute Gasteiger partial charge is 2.00 e. The van der Waals surface area contributed by atoms with Gasteiger partial charge in [-0.15, -0.1) is 0 Å².